The summed E-state index contributed by atoms with van der Waals surface area (Å²) >= 11 is 0. The number of rotatable bonds is 5. The molecule has 0 spiro atoms. The summed E-state index contributed by atoms with van der Waals surface area (Å²) in [6, 6.07) is 10.1. The lowest BCUT2D eigenvalue weighted by atomic mass is 9.99. The van der Waals surface area contributed by atoms with Crippen LogP contribution in [0.1, 0.15) is 59.9 Å². The Kier molecular flexibility index (Phi) is 9.28. The van der Waals surface area contributed by atoms with Crippen molar-refractivity contribution in [1.82, 2.24) is 4.31 Å². The topological polar surface area (TPSA) is 49.8 Å². The average Bonchev–Trinajstić information content (AvgIpc) is 2.59. The molecule has 1 fully saturated rings. The molecule has 1 saturated heterocycles. The number of aliphatic hydroxyl groups excluding tert-OH is 1. The first-order chi connectivity index (χ1) is 11.8. The summed E-state index contributed by atoms with van der Waals surface area (Å²) < 4.78 is 20.3. The Labute approximate surface area is 156 Å². The summed E-state index contributed by atoms with van der Waals surface area (Å²) in [7, 11) is -1.13. The van der Waals surface area contributed by atoms with Crippen molar-refractivity contribution in [1.29, 1.82) is 0 Å². The van der Waals surface area contributed by atoms with Gasteiger partial charge in [-0.15, -0.1) is 0 Å². The maximum atomic E-state index is 12.9. The Morgan fingerprint density at radius 2 is 1.80 bits per heavy atom. The number of hydrogen-bond donors (Lipinski definition) is 1. The van der Waals surface area contributed by atoms with Gasteiger partial charge in [-0.3, -0.25) is 0 Å². The largest absolute Gasteiger partial charge is 0.368 e. The van der Waals surface area contributed by atoms with E-state index in [2.05, 4.69) is 0 Å². The molecule has 1 heterocycles. The summed E-state index contributed by atoms with van der Waals surface area (Å²) in [5, 5.41) is 9.93. The fourth-order valence-electron chi connectivity index (χ4n) is 2.72. The Balaban J connectivity index is 0.00000151. The molecule has 2 rings (SSSR count). The maximum Gasteiger partial charge on any atom is 0.157 e. The van der Waals surface area contributed by atoms with Gasteiger partial charge in [0, 0.05) is 19.0 Å². The van der Waals surface area contributed by atoms with Crippen molar-refractivity contribution in [2.24, 2.45) is 5.92 Å². The molecule has 4 unspecified atom stereocenters. The van der Waals surface area contributed by atoms with Gasteiger partial charge in [0.2, 0.25) is 0 Å². The number of nitrogens with zero attached hydrogens (tertiary/aromatic N) is 1. The predicted octanol–water partition coefficient (Wildman–Crippen LogP) is 4.11. The molecule has 0 aromatic heterocycles. The highest BCUT2D eigenvalue weighted by Gasteiger charge is 2.32. The number of hydrogen-bond acceptors (Lipinski definition) is 3. The summed E-state index contributed by atoms with van der Waals surface area (Å²) in [5.41, 5.74) is 1.13. The second kappa shape index (κ2) is 10.4. The monoisotopic (exact) mass is 369 g/mol. The molecular weight excluding hydrogens is 334 g/mol. The van der Waals surface area contributed by atoms with Gasteiger partial charge in [0.15, 0.2) is 6.29 Å². The molecule has 4 nitrogen and oxygen atoms in total. The fraction of sp³-hybridized carbons (Fsp3) is 0.700. The number of benzene rings is 1. The minimum Gasteiger partial charge on any atom is -0.368 e. The summed E-state index contributed by atoms with van der Waals surface area (Å²) in [6.07, 6.45) is 1.05. The molecule has 1 aromatic carbocycles. The van der Waals surface area contributed by atoms with Gasteiger partial charge in [0.1, 0.15) is 11.0 Å². The minimum atomic E-state index is -1.13. The molecule has 0 aliphatic carbocycles. The molecule has 5 heteroatoms. The summed E-state index contributed by atoms with van der Waals surface area (Å²) in [5.74, 6) is 0.168. The molecule has 0 amide bonds. The van der Waals surface area contributed by atoms with Crippen molar-refractivity contribution in [2.45, 2.75) is 78.1 Å². The molecule has 1 aliphatic rings. The smallest absolute Gasteiger partial charge is 0.157 e. The number of aliphatic hydroxyl groups is 1. The van der Waals surface area contributed by atoms with E-state index in [1.165, 1.54) is 0 Å². The van der Waals surface area contributed by atoms with Crippen LogP contribution in [0.5, 0.6) is 0 Å². The van der Waals surface area contributed by atoms with E-state index in [1.54, 1.807) is 0 Å². The first-order valence-corrected chi connectivity index (χ1v) is 10.4. The molecule has 0 saturated carbocycles. The lowest BCUT2D eigenvalue weighted by molar-refractivity contribution is -0.190. The second-order valence-corrected chi connectivity index (χ2v) is 9.61. The fourth-order valence-corrected chi connectivity index (χ4v) is 4.06. The van der Waals surface area contributed by atoms with Gasteiger partial charge in [-0.1, -0.05) is 51.1 Å². The SMILES string of the molecule is CC.CC1CCC(CN(Cc2ccccc2)S(=O)C(C)(C)C)OC1O. The van der Waals surface area contributed by atoms with E-state index in [1.807, 2.05) is 76.2 Å². The van der Waals surface area contributed by atoms with E-state index in [9.17, 15) is 9.32 Å². The zero-order valence-corrected chi connectivity index (χ0v) is 17.4. The van der Waals surface area contributed by atoms with Crippen LogP contribution in [0.4, 0.5) is 0 Å². The first-order valence-electron chi connectivity index (χ1n) is 9.32. The zero-order valence-electron chi connectivity index (χ0n) is 16.6. The Morgan fingerprint density at radius 3 is 2.32 bits per heavy atom. The van der Waals surface area contributed by atoms with Gasteiger partial charge in [-0.05, 0) is 39.2 Å². The van der Waals surface area contributed by atoms with Crippen LogP contribution in [0.25, 0.3) is 0 Å². The molecule has 1 aromatic rings. The van der Waals surface area contributed by atoms with Crippen molar-refractivity contribution in [3.8, 4) is 0 Å². The predicted molar refractivity (Wildman–Crippen MR) is 105 cm³/mol. The third-order valence-corrected chi connectivity index (χ3v) is 5.92. The normalized spacial score (nSPS) is 25.2. The van der Waals surface area contributed by atoms with Gasteiger partial charge in [0.25, 0.3) is 0 Å². The van der Waals surface area contributed by atoms with Crippen LogP contribution in [0.3, 0.4) is 0 Å². The van der Waals surface area contributed by atoms with Gasteiger partial charge < -0.3 is 9.84 Å². The first kappa shape index (κ1) is 22.3. The molecule has 25 heavy (non-hydrogen) atoms. The molecule has 144 valence electrons. The summed E-state index contributed by atoms with van der Waals surface area (Å²) in [6.45, 7) is 13.1. The van der Waals surface area contributed by atoms with Gasteiger partial charge in [-0.2, -0.15) is 0 Å². The molecule has 0 bridgehead atoms. The third kappa shape index (κ3) is 7.18. The van der Waals surface area contributed by atoms with E-state index < -0.39 is 17.3 Å². The minimum absolute atomic E-state index is 0.0730. The van der Waals surface area contributed by atoms with Crippen LogP contribution >= 0.6 is 0 Å². The molecule has 1 N–H and O–H groups in total. The average molecular weight is 370 g/mol. The molecule has 1 aliphatic heterocycles. The Hall–Kier alpha value is -0.750. The van der Waals surface area contributed by atoms with Gasteiger partial charge >= 0.3 is 0 Å². The Bertz CT molecular complexity index is 515. The van der Waals surface area contributed by atoms with Crippen LogP contribution in [-0.2, 0) is 22.3 Å². The summed E-state index contributed by atoms with van der Waals surface area (Å²) in [4.78, 5) is 0. The third-order valence-electron chi connectivity index (χ3n) is 4.13. The quantitative estimate of drug-likeness (QED) is 0.850. The highest BCUT2D eigenvalue weighted by atomic mass is 32.2. The van der Waals surface area contributed by atoms with Gasteiger partial charge in [-0.25, -0.2) is 8.51 Å². The lowest BCUT2D eigenvalue weighted by Crippen LogP contribution is -2.45. The van der Waals surface area contributed by atoms with E-state index >= 15 is 0 Å². The molecular formula is C20H35NO3S. The van der Waals surface area contributed by atoms with Crippen LogP contribution in [0, 0.1) is 5.92 Å². The maximum absolute atomic E-state index is 12.9. The molecule has 4 atom stereocenters. The van der Waals surface area contributed by atoms with Crippen molar-refractivity contribution in [2.75, 3.05) is 6.54 Å². The highest BCUT2D eigenvalue weighted by molar-refractivity contribution is 7.84. The number of ether oxygens (including phenoxy) is 1. The van der Waals surface area contributed by atoms with Crippen molar-refractivity contribution >= 4 is 11.0 Å². The van der Waals surface area contributed by atoms with Crippen molar-refractivity contribution in [3.63, 3.8) is 0 Å². The van der Waals surface area contributed by atoms with E-state index in [-0.39, 0.29) is 16.8 Å². The van der Waals surface area contributed by atoms with Crippen molar-refractivity contribution in [3.05, 3.63) is 35.9 Å². The van der Waals surface area contributed by atoms with Gasteiger partial charge in [0.05, 0.1) is 10.9 Å². The molecule has 0 radical (unpaired) electrons. The second-order valence-electron chi connectivity index (χ2n) is 7.37. The van der Waals surface area contributed by atoms with E-state index in [0.717, 1.165) is 18.4 Å². The van der Waals surface area contributed by atoms with E-state index in [4.69, 9.17) is 4.74 Å². The van der Waals surface area contributed by atoms with E-state index in [0.29, 0.717) is 13.1 Å². The Morgan fingerprint density at radius 1 is 1.20 bits per heavy atom. The lowest BCUT2D eigenvalue weighted by Gasteiger charge is -2.36. The van der Waals surface area contributed by atoms with Crippen LogP contribution in [-0.4, -0.2) is 37.3 Å². The van der Waals surface area contributed by atoms with Crippen LogP contribution < -0.4 is 0 Å². The zero-order chi connectivity index (χ0) is 19.0. The van der Waals surface area contributed by atoms with Crippen LogP contribution in [0.2, 0.25) is 0 Å². The highest BCUT2D eigenvalue weighted by Crippen LogP contribution is 2.26. The van der Waals surface area contributed by atoms with Crippen molar-refractivity contribution < 1.29 is 14.1 Å². The standard InChI is InChI=1S/C18H29NO3S.C2H6/c1-14-10-11-16(22-17(14)20)13-19(23(21)18(2,3)4)12-15-8-6-5-7-9-15;1-2/h5-9,14,16-17,20H,10-13H2,1-4H3;1-2H3. The van der Waals surface area contributed by atoms with Crippen LogP contribution in [0.15, 0.2) is 30.3 Å².